The first-order chi connectivity index (χ1) is 9.20. The smallest absolute Gasteiger partial charge is 0.257 e. The quantitative estimate of drug-likeness (QED) is 0.731. The lowest BCUT2D eigenvalue weighted by molar-refractivity contribution is 0.0710. The Morgan fingerprint density at radius 3 is 2.95 bits per heavy atom. The number of likely N-dealkylation sites (N-methyl/N-ethyl adjacent to an activating group) is 1. The number of carbonyl (C=O) groups is 1. The van der Waals surface area contributed by atoms with Gasteiger partial charge in [-0.05, 0) is 25.5 Å². The van der Waals surface area contributed by atoms with Crippen LogP contribution in [0.4, 0.5) is 5.82 Å². The lowest BCUT2D eigenvalue weighted by Gasteiger charge is -2.18. The van der Waals surface area contributed by atoms with Crippen molar-refractivity contribution in [2.75, 3.05) is 38.7 Å². The topological polar surface area (TPSA) is 54.5 Å². The molecule has 1 aromatic rings. The molecule has 0 bridgehead atoms. The fourth-order valence-electron chi connectivity index (χ4n) is 1.62. The van der Waals surface area contributed by atoms with Gasteiger partial charge in [-0.25, -0.2) is 4.98 Å². The van der Waals surface area contributed by atoms with Crippen molar-refractivity contribution in [1.82, 2.24) is 9.88 Å². The van der Waals surface area contributed by atoms with Crippen molar-refractivity contribution in [3.63, 3.8) is 0 Å². The van der Waals surface area contributed by atoms with Gasteiger partial charge in [-0.1, -0.05) is 6.92 Å². The number of carbonyl (C=O) groups excluding carboxylic acids is 1. The molecule has 0 aliphatic rings. The van der Waals surface area contributed by atoms with Crippen LogP contribution in [0.1, 0.15) is 30.6 Å². The van der Waals surface area contributed by atoms with Crippen molar-refractivity contribution in [3.8, 4) is 0 Å². The van der Waals surface area contributed by atoms with Crippen LogP contribution in [0.2, 0.25) is 0 Å². The molecule has 1 amide bonds. The molecule has 0 aliphatic heterocycles. The highest BCUT2D eigenvalue weighted by atomic mass is 16.5. The first-order valence-electron chi connectivity index (χ1n) is 6.72. The molecule has 1 aromatic heterocycles. The maximum Gasteiger partial charge on any atom is 0.257 e. The Kier molecular flexibility index (Phi) is 6.89. The number of hydrogen-bond acceptors (Lipinski definition) is 4. The molecule has 0 spiro atoms. The molecule has 0 unspecified atom stereocenters. The Morgan fingerprint density at radius 2 is 2.26 bits per heavy atom. The number of anilines is 1. The highest BCUT2D eigenvalue weighted by Crippen LogP contribution is 2.13. The fraction of sp³-hybridized carbons (Fsp3) is 0.571. The summed E-state index contributed by atoms with van der Waals surface area (Å²) in [5, 5.41) is 3.18. The molecule has 0 atom stereocenters. The van der Waals surface area contributed by atoms with Crippen molar-refractivity contribution in [3.05, 3.63) is 23.9 Å². The second kappa shape index (κ2) is 8.48. The summed E-state index contributed by atoms with van der Waals surface area (Å²) in [6.07, 6.45) is 2.68. The molecule has 19 heavy (non-hydrogen) atoms. The third-order valence-corrected chi connectivity index (χ3v) is 2.70. The van der Waals surface area contributed by atoms with Gasteiger partial charge < -0.3 is 15.0 Å². The van der Waals surface area contributed by atoms with Crippen molar-refractivity contribution >= 4 is 11.7 Å². The molecule has 5 nitrogen and oxygen atoms in total. The molecule has 0 saturated carbocycles. The summed E-state index contributed by atoms with van der Waals surface area (Å²) >= 11 is 0. The first kappa shape index (κ1) is 15.4. The van der Waals surface area contributed by atoms with E-state index >= 15 is 0 Å². The molecule has 0 aromatic carbocycles. The highest BCUT2D eigenvalue weighted by molar-refractivity contribution is 5.98. The Balaban J connectivity index is 2.69. The minimum Gasteiger partial charge on any atom is -0.380 e. The highest BCUT2D eigenvalue weighted by Gasteiger charge is 2.15. The van der Waals surface area contributed by atoms with Crippen LogP contribution >= 0.6 is 0 Å². The van der Waals surface area contributed by atoms with Gasteiger partial charge in [0.1, 0.15) is 5.82 Å². The van der Waals surface area contributed by atoms with E-state index in [4.69, 9.17) is 4.74 Å². The Hall–Kier alpha value is -1.62. The first-order valence-corrected chi connectivity index (χ1v) is 6.72. The zero-order valence-electron chi connectivity index (χ0n) is 12.0. The number of nitrogens with zero attached hydrogens (tertiary/aromatic N) is 2. The second-order valence-electron chi connectivity index (χ2n) is 4.25. The van der Waals surface area contributed by atoms with Gasteiger partial charge in [-0.3, -0.25) is 4.79 Å². The number of aromatic nitrogens is 1. The van der Waals surface area contributed by atoms with E-state index in [1.807, 2.05) is 6.92 Å². The number of hydrogen-bond donors (Lipinski definition) is 1. The third-order valence-electron chi connectivity index (χ3n) is 2.70. The molecule has 0 saturated heterocycles. The summed E-state index contributed by atoms with van der Waals surface area (Å²) in [6.45, 7) is 6.62. The van der Waals surface area contributed by atoms with Gasteiger partial charge in [0.15, 0.2) is 0 Å². The van der Waals surface area contributed by atoms with E-state index in [9.17, 15) is 4.79 Å². The van der Waals surface area contributed by atoms with E-state index < -0.39 is 0 Å². The van der Waals surface area contributed by atoms with Gasteiger partial charge in [-0.2, -0.15) is 0 Å². The SMILES string of the molecule is CCCNc1ncccc1C(=O)N(C)CCOCC. The van der Waals surface area contributed by atoms with Gasteiger partial charge in [0, 0.05) is 32.9 Å². The molecule has 0 fully saturated rings. The molecule has 1 N–H and O–H groups in total. The van der Waals surface area contributed by atoms with Crippen LogP contribution in [0.15, 0.2) is 18.3 Å². The van der Waals surface area contributed by atoms with E-state index in [2.05, 4.69) is 17.2 Å². The predicted octanol–water partition coefficient (Wildman–Crippen LogP) is 2.01. The summed E-state index contributed by atoms with van der Waals surface area (Å²) < 4.78 is 5.26. The van der Waals surface area contributed by atoms with Gasteiger partial charge in [-0.15, -0.1) is 0 Å². The standard InChI is InChI=1S/C14H23N3O2/c1-4-8-15-13-12(7-6-9-16-13)14(18)17(3)10-11-19-5-2/h6-7,9H,4-5,8,10-11H2,1-3H3,(H,15,16). The number of amides is 1. The van der Waals surface area contributed by atoms with Crippen LogP contribution in [-0.4, -0.2) is 49.1 Å². The average Bonchev–Trinajstić information content (AvgIpc) is 2.44. The van der Waals surface area contributed by atoms with Gasteiger partial charge in [0.25, 0.3) is 5.91 Å². The normalized spacial score (nSPS) is 10.3. The zero-order valence-corrected chi connectivity index (χ0v) is 12.0. The van der Waals surface area contributed by atoms with Crippen LogP contribution < -0.4 is 5.32 Å². The average molecular weight is 265 g/mol. The van der Waals surface area contributed by atoms with E-state index in [0.717, 1.165) is 13.0 Å². The van der Waals surface area contributed by atoms with Crippen LogP contribution in [0.25, 0.3) is 0 Å². The van der Waals surface area contributed by atoms with E-state index in [1.54, 1.807) is 30.3 Å². The predicted molar refractivity (Wildman–Crippen MR) is 76.5 cm³/mol. The molecular weight excluding hydrogens is 242 g/mol. The fourth-order valence-corrected chi connectivity index (χ4v) is 1.62. The summed E-state index contributed by atoms with van der Waals surface area (Å²) in [4.78, 5) is 18.2. The summed E-state index contributed by atoms with van der Waals surface area (Å²) in [7, 11) is 1.78. The molecule has 0 radical (unpaired) electrons. The molecule has 1 heterocycles. The zero-order chi connectivity index (χ0) is 14.1. The molecule has 0 aliphatic carbocycles. The van der Waals surface area contributed by atoms with Gasteiger partial charge in [0.05, 0.1) is 12.2 Å². The second-order valence-corrected chi connectivity index (χ2v) is 4.25. The Labute approximate surface area is 115 Å². The maximum atomic E-state index is 12.3. The largest absolute Gasteiger partial charge is 0.380 e. The van der Waals surface area contributed by atoms with Crippen LogP contribution in [0.3, 0.4) is 0 Å². The molecule has 106 valence electrons. The van der Waals surface area contributed by atoms with Gasteiger partial charge >= 0.3 is 0 Å². The monoisotopic (exact) mass is 265 g/mol. The van der Waals surface area contributed by atoms with E-state index in [-0.39, 0.29) is 5.91 Å². The van der Waals surface area contributed by atoms with Gasteiger partial charge in [0.2, 0.25) is 0 Å². The van der Waals surface area contributed by atoms with Crippen LogP contribution in [0.5, 0.6) is 0 Å². The number of pyridine rings is 1. The van der Waals surface area contributed by atoms with Crippen LogP contribution in [-0.2, 0) is 4.74 Å². The maximum absolute atomic E-state index is 12.3. The Morgan fingerprint density at radius 1 is 1.47 bits per heavy atom. The van der Waals surface area contributed by atoms with Crippen molar-refractivity contribution in [2.45, 2.75) is 20.3 Å². The molecule has 5 heteroatoms. The lowest BCUT2D eigenvalue weighted by Crippen LogP contribution is -2.31. The van der Waals surface area contributed by atoms with Crippen molar-refractivity contribution in [1.29, 1.82) is 0 Å². The molecular formula is C14H23N3O2. The number of nitrogens with one attached hydrogen (secondary N) is 1. The minimum absolute atomic E-state index is 0.0357. The van der Waals surface area contributed by atoms with Crippen molar-refractivity contribution in [2.24, 2.45) is 0 Å². The van der Waals surface area contributed by atoms with Crippen LogP contribution in [0, 0.1) is 0 Å². The minimum atomic E-state index is -0.0357. The lowest BCUT2D eigenvalue weighted by atomic mass is 10.2. The summed E-state index contributed by atoms with van der Waals surface area (Å²) in [6, 6.07) is 3.57. The summed E-state index contributed by atoms with van der Waals surface area (Å²) in [5.41, 5.74) is 0.606. The van der Waals surface area contributed by atoms with E-state index in [0.29, 0.717) is 31.1 Å². The number of rotatable bonds is 8. The third kappa shape index (κ3) is 4.87. The number of ether oxygens (including phenoxy) is 1. The van der Waals surface area contributed by atoms with Crippen molar-refractivity contribution < 1.29 is 9.53 Å². The summed E-state index contributed by atoms with van der Waals surface area (Å²) in [5.74, 6) is 0.615. The molecule has 1 rings (SSSR count). The van der Waals surface area contributed by atoms with E-state index in [1.165, 1.54) is 0 Å². The Bertz CT molecular complexity index is 396.